The van der Waals surface area contributed by atoms with Gasteiger partial charge < -0.3 is 9.47 Å². The van der Waals surface area contributed by atoms with E-state index < -0.39 is 35.9 Å². The van der Waals surface area contributed by atoms with Gasteiger partial charge in [0.15, 0.2) is 18.2 Å². The molecule has 0 atom stereocenters. The van der Waals surface area contributed by atoms with Crippen molar-refractivity contribution in [2.24, 2.45) is 11.8 Å². The van der Waals surface area contributed by atoms with Crippen molar-refractivity contribution in [1.82, 2.24) is 0 Å². The van der Waals surface area contributed by atoms with Crippen molar-refractivity contribution in [3.05, 3.63) is 71.6 Å². The van der Waals surface area contributed by atoms with E-state index in [4.69, 9.17) is 4.74 Å². The molecule has 7 heteroatoms. The molecular formula is C33H41F5O2. The lowest BCUT2D eigenvalue weighted by Gasteiger charge is -2.29. The second kappa shape index (κ2) is 13.9. The molecule has 2 aliphatic carbocycles. The Balaban J connectivity index is 1.31. The summed E-state index contributed by atoms with van der Waals surface area (Å²) in [6.45, 7) is 4.64. The highest BCUT2D eigenvalue weighted by molar-refractivity contribution is 5.34. The van der Waals surface area contributed by atoms with Crippen LogP contribution >= 0.6 is 0 Å². The van der Waals surface area contributed by atoms with Crippen molar-refractivity contribution in [3.8, 4) is 11.5 Å². The topological polar surface area (TPSA) is 18.5 Å². The van der Waals surface area contributed by atoms with E-state index in [0.29, 0.717) is 17.4 Å². The number of hydrogen-bond acceptors (Lipinski definition) is 2. The van der Waals surface area contributed by atoms with Gasteiger partial charge in [-0.05, 0) is 98.3 Å². The van der Waals surface area contributed by atoms with E-state index >= 15 is 0 Å². The van der Waals surface area contributed by atoms with Crippen molar-refractivity contribution in [3.63, 3.8) is 0 Å². The highest BCUT2D eigenvalue weighted by atomic mass is 19.3. The molecule has 2 saturated carbocycles. The average Bonchev–Trinajstić information content (AvgIpc) is 2.94. The van der Waals surface area contributed by atoms with Gasteiger partial charge in [-0.15, -0.1) is 6.58 Å². The molecule has 220 valence electrons. The van der Waals surface area contributed by atoms with Crippen LogP contribution in [0.15, 0.2) is 43.0 Å². The first-order valence-electron chi connectivity index (χ1n) is 14.8. The Morgan fingerprint density at radius 3 is 2.15 bits per heavy atom. The summed E-state index contributed by atoms with van der Waals surface area (Å²) in [6, 6.07) is 6.36. The molecule has 2 fully saturated rings. The number of allylic oxidation sites excluding steroid dienone is 1. The fraction of sp³-hybridized carbons (Fsp3) is 0.576. The van der Waals surface area contributed by atoms with Gasteiger partial charge in [0.05, 0.1) is 0 Å². The summed E-state index contributed by atoms with van der Waals surface area (Å²) >= 11 is 0. The maximum atomic E-state index is 14.9. The van der Waals surface area contributed by atoms with E-state index in [9.17, 15) is 22.0 Å². The van der Waals surface area contributed by atoms with Gasteiger partial charge in [-0.3, -0.25) is 0 Å². The summed E-state index contributed by atoms with van der Waals surface area (Å²) in [5, 5.41) is 0. The molecule has 0 saturated heterocycles. The Bertz CT molecular complexity index is 1120. The second-order valence-corrected chi connectivity index (χ2v) is 11.6. The minimum atomic E-state index is -3.88. The zero-order chi connectivity index (χ0) is 28.7. The summed E-state index contributed by atoms with van der Waals surface area (Å²) in [5.74, 6) is -2.90. The second-order valence-electron chi connectivity index (χ2n) is 11.6. The number of alkyl halides is 2. The monoisotopic (exact) mass is 564 g/mol. The Kier molecular flexibility index (Phi) is 10.5. The van der Waals surface area contributed by atoms with Crippen LogP contribution in [0.5, 0.6) is 11.5 Å². The van der Waals surface area contributed by atoms with Gasteiger partial charge in [0, 0.05) is 6.07 Å². The predicted octanol–water partition coefficient (Wildman–Crippen LogP) is 10.5. The molecule has 0 heterocycles. The highest BCUT2D eigenvalue weighted by Crippen LogP contribution is 2.41. The molecule has 0 amide bonds. The van der Waals surface area contributed by atoms with E-state index in [0.717, 1.165) is 57.4 Å². The van der Waals surface area contributed by atoms with Crippen molar-refractivity contribution in [2.45, 2.75) is 102 Å². The third-order valence-electron chi connectivity index (χ3n) is 8.76. The molecule has 0 spiro atoms. The minimum absolute atomic E-state index is 0.0239. The maximum absolute atomic E-state index is 14.9. The molecule has 0 bridgehead atoms. The van der Waals surface area contributed by atoms with Crippen molar-refractivity contribution < 1.29 is 31.4 Å². The molecule has 0 aliphatic heterocycles. The Morgan fingerprint density at radius 1 is 0.850 bits per heavy atom. The van der Waals surface area contributed by atoms with Gasteiger partial charge in [0.1, 0.15) is 11.6 Å². The Morgan fingerprint density at radius 2 is 1.50 bits per heavy atom. The van der Waals surface area contributed by atoms with Crippen LogP contribution in [0.3, 0.4) is 0 Å². The van der Waals surface area contributed by atoms with E-state index in [1.807, 2.05) is 6.08 Å². The van der Waals surface area contributed by atoms with Crippen LogP contribution in [-0.2, 0) is 0 Å². The average molecular weight is 565 g/mol. The zero-order valence-electron chi connectivity index (χ0n) is 23.4. The molecule has 2 nitrogen and oxygen atoms in total. The van der Waals surface area contributed by atoms with Crippen LogP contribution in [-0.4, -0.2) is 12.7 Å². The van der Waals surface area contributed by atoms with E-state index in [1.54, 1.807) is 0 Å². The normalized spacial score (nSPS) is 23.6. The fourth-order valence-corrected chi connectivity index (χ4v) is 6.35. The lowest BCUT2D eigenvalue weighted by atomic mass is 9.77. The molecule has 0 radical (unpaired) electrons. The van der Waals surface area contributed by atoms with Gasteiger partial charge in [0.2, 0.25) is 5.82 Å². The zero-order valence-corrected chi connectivity index (χ0v) is 23.4. The number of hydrogen-bond donors (Lipinski definition) is 0. The van der Waals surface area contributed by atoms with Crippen molar-refractivity contribution in [2.75, 3.05) is 6.61 Å². The summed E-state index contributed by atoms with van der Waals surface area (Å²) in [7, 11) is 0. The van der Waals surface area contributed by atoms with Crippen molar-refractivity contribution in [1.29, 1.82) is 0 Å². The lowest BCUT2D eigenvalue weighted by Crippen LogP contribution is -2.32. The van der Waals surface area contributed by atoms with Crippen LogP contribution < -0.4 is 9.47 Å². The molecule has 2 aromatic carbocycles. The smallest absolute Gasteiger partial charge is 0.433 e. The molecule has 0 unspecified atom stereocenters. The molecule has 0 aromatic heterocycles. The maximum Gasteiger partial charge on any atom is 0.433 e. The first-order chi connectivity index (χ1) is 19.2. The standard InChI is InChI=1S/C33H41F5O2/c1-3-5-6-7-23-10-14-25(15-11-23)28-18-19-30(32(36)31(28)35)39-21-33(37,38)40-26-16-17-27(29(34)20-26)24-12-8-22(4-2)9-13-24/h4,16-20,22-25H,2-3,5-15,21H2,1H3. The molecule has 0 N–H and O–H groups in total. The molecule has 2 aromatic rings. The Hall–Kier alpha value is -2.57. The third kappa shape index (κ3) is 7.79. The molecule has 40 heavy (non-hydrogen) atoms. The van der Waals surface area contributed by atoms with E-state index in [1.165, 1.54) is 49.9 Å². The highest BCUT2D eigenvalue weighted by Gasteiger charge is 2.35. The SMILES string of the molecule is C=CC1CCC(c2ccc(OC(F)(F)COc3ccc(C4CCC(CCCCC)CC4)c(F)c3F)cc2F)CC1. The lowest BCUT2D eigenvalue weighted by molar-refractivity contribution is -0.195. The predicted molar refractivity (Wildman–Crippen MR) is 148 cm³/mol. The van der Waals surface area contributed by atoms with Gasteiger partial charge in [-0.1, -0.05) is 50.8 Å². The first kappa shape index (κ1) is 30.4. The number of benzene rings is 2. The van der Waals surface area contributed by atoms with Gasteiger partial charge in [0.25, 0.3) is 0 Å². The van der Waals surface area contributed by atoms with Crippen LogP contribution in [0.2, 0.25) is 0 Å². The summed E-state index contributed by atoms with van der Waals surface area (Å²) in [4.78, 5) is 0. The first-order valence-corrected chi connectivity index (χ1v) is 14.8. The molecule has 2 aliphatic rings. The van der Waals surface area contributed by atoms with Crippen LogP contribution in [0.25, 0.3) is 0 Å². The van der Waals surface area contributed by atoms with E-state index in [2.05, 4.69) is 18.2 Å². The van der Waals surface area contributed by atoms with Gasteiger partial charge >= 0.3 is 6.11 Å². The quantitative estimate of drug-likeness (QED) is 0.145. The largest absolute Gasteiger partial charge is 0.480 e. The number of unbranched alkanes of at least 4 members (excludes halogenated alkanes) is 2. The third-order valence-corrected chi connectivity index (χ3v) is 8.76. The summed E-state index contributed by atoms with van der Waals surface area (Å²) in [5.41, 5.74) is 0.755. The van der Waals surface area contributed by atoms with E-state index in [-0.39, 0.29) is 23.1 Å². The number of ether oxygens (including phenoxy) is 2. The summed E-state index contributed by atoms with van der Waals surface area (Å²) in [6.07, 6.45) is 9.77. The van der Waals surface area contributed by atoms with Gasteiger partial charge in [-0.2, -0.15) is 13.2 Å². The van der Waals surface area contributed by atoms with Crippen LogP contribution in [0.4, 0.5) is 22.0 Å². The fourth-order valence-electron chi connectivity index (χ4n) is 6.35. The Labute approximate surface area is 235 Å². The number of rotatable bonds is 12. The molecule has 4 rings (SSSR count). The molecular weight excluding hydrogens is 523 g/mol. The van der Waals surface area contributed by atoms with Gasteiger partial charge in [-0.25, -0.2) is 8.78 Å². The van der Waals surface area contributed by atoms with Crippen LogP contribution in [0, 0.1) is 29.3 Å². The van der Waals surface area contributed by atoms with Crippen LogP contribution in [0.1, 0.15) is 107 Å². The number of halogens is 5. The van der Waals surface area contributed by atoms with Crippen molar-refractivity contribution >= 4 is 0 Å². The summed E-state index contributed by atoms with van der Waals surface area (Å²) < 4.78 is 83.1. The minimum Gasteiger partial charge on any atom is -0.480 e.